The molecule has 2 heterocycles. The first kappa shape index (κ1) is 16.1. The normalized spacial score (nSPS) is 20.5. The van der Waals surface area contributed by atoms with Crippen LogP contribution in [0.15, 0.2) is 42.1 Å². The molecule has 0 bridgehead atoms. The number of ether oxygens (including phenoxy) is 1. The lowest BCUT2D eigenvalue weighted by molar-refractivity contribution is -0.140. The molecule has 1 aliphatic heterocycles. The van der Waals surface area contributed by atoms with Crippen molar-refractivity contribution in [2.75, 3.05) is 0 Å². The first-order valence-corrected chi connectivity index (χ1v) is 8.51. The van der Waals surface area contributed by atoms with Crippen molar-refractivity contribution in [2.24, 2.45) is 0 Å². The maximum atomic E-state index is 11.8. The molecule has 0 radical (unpaired) electrons. The van der Waals surface area contributed by atoms with E-state index in [9.17, 15) is 4.79 Å². The maximum Gasteiger partial charge on any atom is 0.319 e. The lowest BCUT2D eigenvalue weighted by atomic mass is 10.2. The molecule has 1 fully saturated rings. The summed E-state index contributed by atoms with van der Waals surface area (Å²) in [5, 5.41) is 9.63. The van der Waals surface area contributed by atoms with Crippen LogP contribution in [0.4, 0.5) is 0 Å². The molecule has 120 valence electrons. The largest absolute Gasteiger partial charge is 0.462 e. The van der Waals surface area contributed by atoms with Crippen molar-refractivity contribution in [3.05, 3.63) is 41.9 Å². The van der Waals surface area contributed by atoms with Crippen molar-refractivity contribution in [1.82, 2.24) is 14.8 Å². The van der Waals surface area contributed by atoms with E-state index in [1.54, 1.807) is 6.08 Å². The Morgan fingerprint density at radius 2 is 2.17 bits per heavy atom. The molecule has 2 aromatic rings. The molecule has 0 saturated carbocycles. The van der Waals surface area contributed by atoms with Gasteiger partial charge in [-0.15, -0.1) is 16.8 Å². The molecule has 1 aliphatic rings. The van der Waals surface area contributed by atoms with Crippen LogP contribution in [0.1, 0.15) is 13.3 Å². The van der Waals surface area contributed by atoms with Gasteiger partial charge in [0.25, 0.3) is 0 Å². The first-order valence-electron chi connectivity index (χ1n) is 7.25. The lowest BCUT2D eigenvalue weighted by Crippen LogP contribution is -2.11. The van der Waals surface area contributed by atoms with E-state index in [0.717, 1.165) is 11.4 Å². The second-order valence-electron chi connectivity index (χ2n) is 5.30. The number of hydrogen-bond donors (Lipinski definition) is 0. The second-order valence-corrected chi connectivity index (χ2v) is 6.91. The fraction of sp³-hybridized carbons (Fsp3) is 0.312. The van der Waals surface area contributed by atoms with Crippen LogP contribution in [-0.4, -0.2) is 32.1 Å². The fourth-order valence-electron chi connectivity index (χ4n) is 2.43. The van der Waals surface area contributed by atoms with E-state index in [2.05, 4.69) is 16.8 Å². The Balaban J connectivity index is 1.90. The first-order chi connectivity index (χ1) is 11.1. The van der Waals surface area contributed by atoms with E-state index >= 15 is 0 Å². The third-order valence-corrected chi connectivity index (χ3v) is 4.94. The van der Waals surface area contributed by atoms with Gasteiger partial charge in [0, 0.05) is 23.6 Å². The van der Waals surface area contributed by atoms with Crippen molar-refractivity contribution in [2.45, 2.75) is 36.4 Å². The number of nitrogens with zero attached hydrogens (tertiary/aromatic N) is 3. The Hall–Kier alpha value is -1.79. The Morgan fingerprint density at radius 3 is 2.78 bits per heavy atom. The van der Waals surface area contributed by atoms with Gasteiger partial charge < -0.3 is 4.74 Å². The van der Waals surface area contributed by atoms with Gasteiger partial charge in [0.05, 0.1) is 0 Å². The van der Waals surface area contributed by atoms with Gasteiger partial charge in [-0.2, -0.15) is 0 Å². The molecule has 23 heavy (non-hydrogen) atoms. The van der Waals surface area contributed by atoms with Crippen LogP contribution in [0.5, 0.6) is 0 Å². The summed E-state index contributed by atoms with van der Waals surface area (Å²) < 4.78 is 7.14. The summed E-state index contributed by atoms with van der Waals surface area (Å²) in [6, 6.07) is 7.41. The van der Waals surface area contributed by atoms with Crippen molar-refractivity contribution in [3.8, 4) is 11.4 Å². The molecular weight excluding hydrogens is 334 g/mol. The number of carbonyl (C=O) groups excluding carboxylic acids is 1. The Kier molecular flexibility index (Phi) is 4.73. The molecule has 0 aliphatic carbocycles. The zero-order valence-electron chi connectivity index (χ0n) is 12.6. The molecule has 3 rings (SSSR count). The summed E-state index contributed by atoms with van der Waals surface area (Å²) in [7, 11) is 0. The number of thioether (sulfide) groups is 1. The van der Waals surface area contributed by atoms with Gasteiger partial charge in [0.2, 0.25) is 0 Å². The van der Waals surface area contributed by atoms with Gasteiger partial charge >= 0.3 is 5.97 Å². The summed E-state index contributed by atoms with van der Waals surface area (Å²) in [5.41, 5.74) is 0.915. The maximum absolute atomic E-state index is 11.8. The smallest absolute Gasteiger partial charge is 0.319 e. The predicted octanol–water partition coefficient (Wildman–Crippen LogP) is 3.58. The zero-order chi connectivity index (χ0) is 16.4. The Morgan fingerprint density at radius 1 is 1.43 bits per heavy atom. The highest BCUT2D eigenvalue weighted by Gasteiger charge is 2.34. The number of cyclic esters (lactones) is 1. The number of halogens is 1. The lowest BCUT2D eigenvalue weighted by Gasteiger charge is -2.09. The number of hydrogen-bond acceptors (Lipinski definition) is 5. The van der Waals surface area contributed by atoms with Crippen LogP contribution in [0.3, 0.4) is 0 Å². The molecule has 1 aromatic carbocycles. The number of rotatable bonds is 5. The Labute approximate surface area is 143 Å². The van der Waals surface area contributed by atoms with Crippen LogP contribution in [-0.2, 0) is 16.1 Å². The third-order valence-electron chi connectivity index (χ3n) is 3.50. The predicted molar refractivity (Wildman–Crippen MR) is 90.5 cm³/mol. The van der Waals surface area contributed by atoms with E-state index in [-0.39, 0.29) is 17.3 Å². The zero-order valence-corrected chi connectivity index (χ0v) is 14.2. The molecule has 1 saturated heterocycles. The summed E-state index contributed by atoms with van der Waals surface area (Å²) in [5.74, 6) is 0.534. The average molecular weight is 350 g/mol. The van der Waals surface area contributed by atoms with Crippen LogP contribution in [0.25, 0.3) is 11.4 Å². The topological polar surface area (TPSA) is 57.0 Å². The molecule has 7 heteroatoms. The highest BCUT2D eigenvalue weighted by atomic mass is 35.5. The molecule has 0 spiro atoms. The molecule has 2 atom stereocenters. The van der Waals surface area contributed by atoms with Crippen molar-refractivity contribution >= 4 is 29.3 Å². The molecule has 0 amide bonds. The van der Waals surface area contributed by atoms with E-state index in [1.807, 2.05) is 35.8 Å². The van der Waals surface area contributed by atoms with Gasteiger partial charge in [0.15, 0.2) is 11.0 Å². The van der Waals surface area contributed by atoms with Gasteiger partial charge in [0.1, 0.15) is 11.4 Å². The fourth-order valence-corrected chi connectivity index (χ4v) is 3.70. The molecule has 1 aromatic heterocycles. The minimum Gasteiger partial charge on any atom is -0.462 e. The number of carbonyl (C=O) groups is 1. The minimum absolute atomic E-state index is 0.0495. The standard InChI is InChI=1S/C16H16ClN3O2S/c1-3-8-20-14(11-4-6-12(17)7-5-11)18-19-16(20)23-13-9-10(2)22-15(13)21/h3-7,10,13H,1,8-9H2,2H3. The van der Waals surface area contributed by atoms with Gasteiger partial charge in [-0.05, 0) is 31.2 Å². The quantitative estimate of drug-likeness (QED) is 0.610. The monoisotopic (exact) mass is 349 g/mol. The van der Waals surface area contributed by atoms with Gasteiger partial charge in [-0.1, -0.05) is 29.4 Å². The van der Waals surface area contributed by atoms with E-state index in [4.69, 9.17) is 16.3 Å². The number of esters is 1. The van der Waals surface area contributed by atoms with E-state index < -0.39 is 0 Å². The van der Waals surface area contributed by atoms with Crippen LogP contribution < -0.4 is 0 Å². The summed E-state index contributed by atoms with van der Waals surface area (Å²) in [6.45, 7) is 6.24. The van der Waals surface area contributed by atoms with Crippen LogP contribution >= 0.6 is 23.4 Å². The average Bonchev–Trinajstić information content (AvgIpc) is 3.05. The van der Waals surface area contributed by atoms with Crippen LogP contribution in [0.2, 0.25) is 5.02 Å². The minimum atomic E-state index is -0.240. The van der Waals surface area contributed by atoms with E-state index in [0.29, 0.717) is 23.1 Å². The van der Waals surface area contributed by atoms with Gasteiger partial charge in [-0.3, -0.25) is 9.36 Å². The number of allylic oxidation sites excluding steroid dienone is 1. The van der Waals surface area contributed by atoms with Crippen LogP contribution in [0, 0.1) is 0 Å². The highest BCUT2D eigenvalue weighted by molar-refractivity contribution is 8.00. The molecular formula is C16H16ClN3O2S. The van der Waals surface area contributed by atoms with Crippen molar-refractivity contribution in [1.29, 1.82) is 0 Å². The number of benzene rings is 1. The molecule has 2 unspecified atom stereocenters. The number of aromatic nitrogens is 3. The summed E-state index contributed by atoms with van der Waals surface area (Å²) >= 11 is 7.32. The van der Waals surface area contributed by atoms with Gasteiger partial charge in [-0.25, -0.2) is 0 Å². The highest BCUT2D eigenvalue weighted by Crippen LogP contribution is 2.33. The SMILES string of the molecule is C=CCn1c(SC2CC(C)OC2=O)nnc1-c1ccc(Cl)cc1. The summed E-state index contributed by atoms with van der Waals surface area (Å²) in [6.07, 6.45) is 2.41. The summed E-state index contributed by atoms with van der Waals surface area (Å²) in [4.78, 5) is 11.8. The van der Waals surface area contributed by atoms with Crippen molar-refractivity contribution < 1.29 is 9.53 Å². The third kappa shape index (κ3) is 3.43. The molecule has 0 N–H and O–H groups in total. The van der Waals surface area contributed by atoms with E-state index in [1.165, 1.54) is 11.8 Å². The molecule has 5 nitrogen and oxygen atoms in total. The second kappa shape index (κ2) is 6.76. The van der Waals surface area contributed by atoms with Crippen molar-refractivity contribution in [3.63, 3.8) is 0 Å². The Bertz CT molecular complexity index is 729.